The lowest BCUT2D eigenvalue weighted by molar-refractivity contribution is 0.0689. The van der Waals surface area contributed by atoms with E-state index in [4.69, 9.17) is 0 Å². The van der Waals surface area contributed by atoms with Crippen LogP contribution >= 0.6 is 0 Å². The highest BCUT2D eigenvalue weighted by molar-refractivity contribution is 5.93. The predicted molar refractivity (Wildman–Crippen MR) is 68.3 cm³/mol. The monoisotopic (exact) mass is 249 g/mol. The number of rotatable bonds is 3. The topological polar surface area (TPSA) is 58.4 Å². The Labute approximate surface area is 107 Å². The van der Waals surface area contributed by atoms with E-state index in [1.54, 1.807) is 16.6 Å². The van der Waals surface area contributed by atoms with Crippen molar-refractivity contribution >= 4 is 5.91 Å². The summed E-state index contributed by atoms with van der Waals surface area (Å²) < 4.78 is 1.62. The fourth-order valence-corrected chi connectivity index (χ4v) is 2.08. The van der Waals surface area contributed by atoms with Gasteiger partial charge in [-0.1, -0.05) is 26.0 Å². The fourth-order valence-electron chi connectivity index (χ4n) is 2.08. The highest BCUT2D eigenvalue weighted by Gasteiger charge is 2.27. The number of nitrogens with zero attached hydrogens (tertiary/aromatic N) is 3. The molecule has 1 amide bonds. The van der Waals surface area contributed by atoms with Gasteiger partial charge in [0.2, 0.25) is 0 Å². The number of carbonyl (C=O) groups is 1. The molecule has 0 aliphatic carbocycles. The van der Waals surface area contributed by atoms with Crippen LogP contribution in [0.4, 0.5) is 0 Å². The number of aryl methyl sites for hydroxylation is 1. The van der Waals surface area contributed by atoms with E-state index in [-0.39, 0.29) is 18.6 Å². The van der Waals surface area contributed by atoms with Crippen molar-refractivity contribution in [3.63, 3.8) is 0 Å². The van der Waals surface area contributed by atoms with Gasteiger partial charge in [-0.15, -0.1) is 0 Å². The molecule has 1 N–H and O–H groups in total. The number of hydrogen-bond acceptors (Lipinski definition) is 3. The molecule has 98 valence electrons. The molecular formula is C13H19N3O2. The summed E-state index contributed by atoms with van der Waals surface area (Å²) in [6.45, 7) is 4.60. The Morgan fingerprint density at radius 2 is 2.33 bits per heavy atom. The number of aromatic nitrogens is 2. The van der Waals surface area contributed by atoms with Crippen LogP contribution < -0.4 is 0 Å². The summed E-state index contributed by atoms with van der Waals surface area (Å²) >= 11 is 0. The summed E-state index contributed by atoms with van der Waals surface area (Å²) in [7, 11) is 1.77. The molecule has 18 heavy (non-hydrogen) atoms. The molecule has 1 aliphatic rings. The van der Waals surface area contributed by atoms with Crippen molar-refractivity contribution < 1.29 is 9.90 Å². The molecule has 0 bridgehead atoms. The summed E-state index contributed by atoms with van der Waals surface area (Å²) in [5.41, 5.74) is 1.48. The van der Waals surface area contributed by atoms with Crippen LogP contribution in [0.5, 0.6) is 0 Å². The first-order valence-corrected chi connectivity index (χ1v) is 6.17. The van der Waals surface area contributed by atoms with E-state index < -0.39 is 0 Å². The number of amides is 1. The Hall–Kier alpha value is -1.62. The maximum Gasteiger partial charge on any atom is 0.272 e. The summed E-state index contributed by atoms with van der Waals surface area (Å²) in [6, 6.07) is 1.62. The SMILES string of the molecule is CC(C)c1cc(C(=O)N2CC=C[C@H]2CO)n(C)n1. The molecule has 0 fully saturated rings. The molecule has 5 nitrogen and oxygen atoms in total. The van der Waals surface area contributed by atoms with E-state index in [1.807, 2.05) is 32.1 Å². The second-order valence-electron chi connectivity index (χ2n) is 4.87. The third-order valence-electron chi connectivity index (χ3n) is 3.22. The zero-order valence-electron chi connectivity index (χ0n) is 11.0. The van der Waals surface area contributed by atoms with Crippen LogP contribution in [0.25, 0.3) is 0 Å². The molecule has 0 saturated carbocycles. The van der Waals surface area contributed by atoms with Gasteiger partial charge in [0, 0.05) is 13.6 Å². The predicted octanol–water partition coefficient (Wildman–Crippen LogP) is 0.916. The van der Waals surface area contributed by atoms with Crippen molar-refractivity contribution in [2.75, 3.05) is 13.2 Å². The van der Waals surface area contributed by atoms with Gasteiger partial charge in [-0.05, 0) is 12.0 Å². The minimum atomic E-state index is -0.213. The number of aliphatic hydroxyl groups excluding tert-OH is 1. The second kappa shape index (κ2) is 4.94. The molecule has 1 atom stereocenters. The van der Waals surface area contributed by atoms with Crippen molar-refractivity contribution in [3.05, 3.63) is 29.6 Å². The van der Waals surface area contributed by atoms with Gasteiger partial charge in [0.05, 0.1) is 18.3 Å². The van der Waals surface area contributed by atoms with Crippen molar-refractivity contribution in [1.29, 1.82) is 0 Å². The van der Waals surface area contributed by atoms with Crippen LogP contribution in [0.1, 0.15) is 35.9 Å². The average Bonchev–Trinajstić information content (AvgIpc) is 2.93. The molecule has 0 aromatic carbocycles. The smallest absolute Gasteiger partial charge is 0.272 e. The summed E-state index contributed by atoms with van der Waals surface area (Å²) in [5.74, 6) is 0.212. The Balaban J connectivity index is 2.24. The Kier molecular flexibility index (Phi) is 3.52. The first kappa shape index (κ1) is 12.8. The molecule has 5 heteroatoms. The van der Waals surface area contributed by atoms with E-state index in [0.29, 0.717) is 18.2 Å². The maximum atomic E-state index is 12.4. The third-order valence-corrected chi connectivity index (χ3v) is 3.22. The van der Waals surface area contributed by atoms with Gasteiger partial charge < -0.3 is 10.0 Å². The highest BCUT2D eigenvalue weighted by Crippen LogP contribution is 2.18. The third kappa shape index (κ3) is 2.18. The van der Waals surface area contributed by atoms with E-state index in [0.717, 1.165) is 5.69 Å². The molecule has 1 aliphatic heterocycles. The van der Waals surface area contributed by atoms with Crippen molar-refractivity contribution in [1.82, 2.24) is 14.7 Å². The minimum absolute atomic E-state index is 0.0445. The summed E-state index contributed by atoms with van der Waals surface area (Å²) in [5, 5.41) is 13.6. The lowest BCUT2D eigenvalue weighted by atomic mass is 10.1. The Morgan fingerprint density at radius 1 is 1.61 bits per heavy atom. The largest absolute Gasteiger partial charge is 0.394 e. The molecule has 0 unspecified atom stereocenters. The number of carbonyl (C=O) groups excluding carboxylic acids is 1. The van der Waals surface area contributed by atoms with Gasteiger partial charge in [0.25, 0.3) is 5.91 Å². The minimum Gasteiger partial charge on any atom is -0.394 e. The zero-order chi connectivity index (χ0) is 13.3. The second-order valence-corrected chi connectivity index (χ2v) is 4.87. The van der Waals surface area contributed by atoms with Crippen LogP contribution in [-0.4, -0.2) is 44.9 Å². The highest BCUT2D eigenvalue weighted by atomic mass is 16.3. The molecular weight excluding hydrogens is 230 g/mol. The van der Waals surface area contributed by atoms with E-state index in [1.165, 1.54) is 0 Å². The molecule has 1 aromatic rings. The van der Waals surface area contributed by atoms with Gasteiger partial charge >= 0.3 is 0 Å². The van der Waals surface area contributed by atoms with Crippen LogP contribution in [0.2, 0.25) is 0 Å². The van der Waals surface area contributed by atoms with Gasteiger partial charge in [-0.3, -0.25) is 9.48 Å². The van der Waals surface area contributed by atoms with Crippen molar-refractivity contribution in [3.8, 4) is 0 Å². The van der Waals surface area contributed by atoms with Crippen LogP contribution in [0.3, 0.4) is 0 Å². The van der Waals surface area contributed by atoms with Gasteiger partial charge in [-0.25, -0.2) is 0 Å². The number of aliphatic hydroxyl groups is 1. The normalized spacial score (nSPS) is 18.9. The molecule has 0 saturated heterocycles. The van der Waals surface area contributed by atoms with Crippen molar-refractivity contribution in [2.24, 2.45) is 7.05 Å². The van der Waals surface area contributed by atoms with Crippen molar-refractivity contribution in [2.45, 2.75) is 25.8 Å². The summed E-state index contributed by atoms with van der Waals surface area (Å²) in [4.78, 5) is 14.0. The molecule has 1 aromatic heterocycles. The Morgan fingerprint density at radius 3 is 2.89 bits per heavy atom. The summed E-state index contributed by atoms with van der Waals surface area (Å²) in [6.07, 6.45) is 3.76. The molecule has 0 radical (unpaired) electrons. The quantitative estimate of drug-likeness (QED) is 0.810. The van der Waals surface area contributed by atoms with Gasteiger partial charge in [0.1, 0.15) is 5.69 Å². The lowest BCUT2D eigenvalue weighted by Gasteiger charge is -2.22. The lowest BCUT2D eigenvalue weighted by Crippen LogP contribution is -2.39. The van der Waals surface area contributed by atoms with Gasteiger partial charge in [-0.2, -0.15) is 5.10 Å². The van der Waals surface area contributed by atoms with Crippen LogP contribution in [0.15, 0.2) is 18.2 Å². The van der Waals surface area contributed by atoms with Crippen LogP contribution in [0, 0.1) is 0 Å². The van der Waals surface area contributed by atoms with E-state index in [2.05, 4.69) is 5.10 Å². The standard InChI is InChI=1S/C13H19N3O2/c1-9(2)11-7-12(15(3)14-11)13(18)16-6-4-5-10(16)8-17/h4-5,7,9-10,17H,6,8H2,1-3H3/t10-/m0/s1. The van der Waals surface area contributed by atoms with E-state index >= 15 is 0 Å². The fraction of sp³-hybridized carbons (Fsp3) is 0.538. The average molecular weight is 249 g/mol. The van der Waals surface area contributed by atoms with Gasteiger partial charge in [0.15, 0.2) is 0 Å². The number of hydrogen-bond donors (Lipinski definition) is 1. The zero-order valence-corrected chi connectivity index (χ0v) is 11.0. The maximum absolute atomic E-state index is 12.4. The molecule has 0 spiro atoms. The first-order chi connectivity index (χ1) is 8.54. The first-order valence-electron chi connectivity index (χ1n) is 6.17. The molecule has 2 heterocycles. The molecule has 2 rings (SSSR count). The Bertz CT molecular complexity index is 477. The van der Waals surface area contributed by atoms with Crippen LogP contribution in [-0.2, 0) is 7.05 Å². The van der Waals surface area contributed by atoms with E-state index in [9.17, 15) is 9.90 Å².